The first-order valence-corrected chi connectivity index (χ1v) is 6.78. The van der Waals surface area contributed by atoms with Crippen LogP contribution in [0, 0.1) is 0 Å². The molecule has 1 amide bonds. The first-order chi connectivity index (χ1) is 9.60. The second-order valence-electron chi connectivity index (χ2n) is 5.15. The van der Waals surface area contributed by atoms with Gasteiger partial charge >= 0.3 is 5.97 Å². The molecule has 20 heavy (non-hydrogen) atoms. The molecule has 2 rings (SSSR count). The number of likely N-dealkylation sites (tertiary alicyclic amines) is 1. The van der Waals surface area contributed by atoms with E-state index in [-0.39, 0.29) is 11.9 Å². The molecule has 1 aromatic rings. The van der Waals surface area contributed by atoms with Crippen molar-refractivity contribution in [3.05, 3.63) is 35.4 Å². The number of piperidine rings is 1. The van der Waals surface area contributed by atoms with Gasteiger partial charge in [-0.3, -0.25) is 4.79 Å². The lowest BCUT2D eigenvalue weighted by atomic mass is 10.1. The number of nitrogens with zero attached hydrogens (tertiary/aromatic N) is 1. The van der Waals surface area contributed by atoms with Crippen LogP contribution in [-0.4, -0.2) is 50.1 Å². The number of carbonyl (C=O) groups is 2. The van der Waals surface area contributed by atoms with Gasteiger partial charge in [-0.2, -0.15) is 0 Å². The SMILES string of the molecule is COC(=O)c1cccc(C(=O)NC2CCCN(C)C2)c1. The standard InChI is InChI=1S/C15H20N2O3/c1-17-8-4-7-13(10-17)16-14(18)11-5-3-6-12(9-11)15(19)20-2/h3,5-6,9,13H,4,7-8,10H2,1-2H3,(H,16,18). The van der Waals surface area contributed by atoms with Gasteiger partial charge in [0.25, 0.3) is 5.91 Å². The van der Waals surface area contributed by atoms with E-state index in [0.29, 0.717) is 11.1 Å². The minimum atomic E-state index is -0.433. The second kappa shape index (κ2) is 6.52. The van der Waals surface area contributed by atoms with Gasteiger partial charge in [-0.15, -0.1) is 0 Å². The predicted octanol–water partition coefficient (Wildman–Crippen LogP) is 1.30. The highest BCUT2D eigenvalue weighted by atomic mass is 16.5. The van der Waals surface area contributed by atoms with Gasteiger partial charge in [0.1, 0.15) is 0 Å². The summed E-state index contributed by atoms with van der Waals surface area (Å²) in [5, 5.41) is 3.02. The maximum Gasteiger partial charge on any atom is 0.337 e. The lowest BCUT2D eigenvalue weighted by Crippen LogP contribution is -2.46. The van der Waals surface area contributed by atoms with Gasteiger partial charge in [0, 0.05) is 18.2 Å². The smallest absolute Gasteiger partial charge is 0.337 e. The molecule has 1 saturated heterocycles. The van der Waals surface area contributed by atoms with Crippen molar-refractivity contribution in [2.75, 3.05) is 27.2 Å². The number of benzene rings is 1. The van der Waals surface area contributed by atoms with E-state index in [1.165, 1.54) is 7.11 Å². The summed E-state index contributed by atoms with van der Waals surface area (Å²) < 4.78 is 4.66. The minimum Gasteiger partial charge on any atom is -0.465 e. The molecule has 5 nitrogen and oxygen atoms in total. The molecule has 1 atom stereocenters. The Hall–Kier alpha value is -1.88. The van der Waals surface area contributed by atoms with Gasteiger partial charge < -0.3 is 15.0 Å². The summed E-state index contributed by atoms with van der Waals surface area (Å²) in [6.07, 6.45) is 2.08. The van der Waals surface area contributed by atoms with Crippen molar-refractivity contribution in [2.45, 2.75) is 18.9 Å². The van der Waals surface area contributed by atoms with Crippen molar-refractivity contribution in [2.24, 2.45) is 0 Å². The quantitative estimate of drug-likeness (QED) is 0.845. The fraction of sp³-hybridized carbons (Fsp3) is 0.467. The van der Waals surface area contributed by atoms with Crippen LogP contribution in [0.4, 0.5) is 0 Å². The maximum absolute atomic E-state index is 12.2. The summed E-state index contributed by atoms with van der Waals surface area (Å²) in [4.78, 5) is 25.9. The zero-order chi connectivity index (χ0) is 14.5. The minimum absolute atomic E-state index is 0.143. The molecule has 5 heteroatoms. The molecule has 108 valence electrons. The van der Waals surface area contributed by atoms with Gasteiger partial charge in [0.05, 0.1) is 12.7 Å². The Morgan fingerprint density at radius 3 is 2.80 bits per heavy atom. The Kier molecular flexibility index (Phi) is 4.74. The summed E-state index contributed by atoms with van der Waals surface area (Å²) in [6.45, 7) is 1.94. The van der Waals surface area contributed by atoms with Crippen LogP contribution in [0.3, 0.4) is 0 Å². The van der Waals surface area contributed by atoms with Crippen LogP contribution < -0.4 is 5.32 Å². The summed E-state index contributed by atoms with van der Waals surface area (Å²) >= 11 is 0. The number of nitrogens with one attached hydrogen (secondary N) is 1. The third-order valence-corrected chi connectivity index (χ3v) is 3.51. The molecule has 0 radical (unpaired) electrons. The number of methoxy groups -OCH3 is 1. The van der Waals surface area contributed by atoms with Crippen LogP contribution in [0.2, 0.25) is 0 Å². The number of rotatable bonds is 3. The van der Waals surface area contributed by atoms with Gasteiger partial charge in [0.15, 0.2) is 0 Å². The lowest BCUT2D eigenvalue weighted by Gasteiger charge is -2.30. The average Bonchev–Trinajstić information content (AvgIpc) is 2.46. The van der Waals surface area contributed by atoms with Crippen LogP contribution in [0.15, 0.2) is 24.3 Å². The Morgan fingerprint density at radius 1 is 1.35 bits per heavy atom. The Morgan fingerprint density at radius 2 is 2.10 bits per heavy atom. The third-order valence-electron chi connectivity index (χ3n) is 3.51. The molecule has 1 fully saturated rings. The van der Waals surface area contributed by atoms with E-state index in [0.717, 1.165) is 25.9 Å². The number of amides is 1. The predicted molar refractivity (Wildman–Crippen MR) is 75.8 cm³/mol. The van der Waals surface area contributed by atoms with E-state index in [1.807, 2.05) is 0 Å². The Labute approximate surface area is 118 Å². The molecule has 1 aliphatic rings. The van der Waals surface area contributed by atoms with Crippen molar-refractivity contribution >= 4 is 11.9 Å². The molecule has 1 N–H and O–H groups in total. The topological polar surface area (TPSA) is 58.6 Å². The first kappa shape index (κ1) is 14.5. The van der Waals surface area contributed by atoms with Gasteiger partial charge in [-0.05, 0) is 44.6 Å². The molecule has 1 unspecified atom stereocenters. The molecule has 0 saturated carbocycles. The first-order valence-electron chi connectivity index (χ1n) is 6.78. The van der Waals surface area contributed by atoms with Crippen LogP contribution in [0.25, 0.3) is 0 Å². The third kappa shape index (κ3) is 3.57. The van der Waals surface area contributed by atoms with Crippen molar-refractivity contribution in [1.29, 1.82) is 0 Å². The van der Waals surface area contributed by atoms with Crippen molar-refractivity contribution in [1.82, 2.24) is 10.2 Å². The molecule has 0 bridgehead atoms. The van der Waals surface area contributed by atoms with E-state index >= 15 is 0 Å². The highest BCUT2D eigenvalue weighted by Gasteiger charge is 2.20. The van der Waals surface area contributed by atoms with Crippen molar-refractivity contribution in [3.8, 4) is 0 Å². The number of carbonyl (C=O) groups excluding carboxylic acids is 2. The monoisotopic (exact) mass is 276 g/mol. The van der Waals surface area contributed by atoms with E-state index in [4.69, 9.17) is 0 Å². The number of hydrogen-bond donors (Lipinski definition) is 1. The summed E-state index contributed by atoms with van der Waals surface area (Å²) in [7, 11) is 3.38. The largest absolute Gasteiger partial charge is 0.465 e. The molecule has 0 spiro atoms. The Bertz CT molecular complexity index is 502. The fourth-order valence-electron chi connectivity index (χ4n) is 2.46. The average molecular weight is 276 g/mol. The number of hydrogen-bond acceptors (Lipinski definition) is 4. The van der Waals surface area contributed by atoms with E-state index < -0.39 is 5.97 Å². The maximum atomic E-state index is 12.2. The summed E-state index contributed by atoms with van der Waals surface area (Å²) in [5.41, 5.74) is 0.877. The molecule has 1 heterocycles. The van der Waals surface area contributed by atoms with Gasteiger partial charge in [0.2, 0.25) is 0 Å². The van der Waals surface area contributed by atoms with Gasteiger partial charge in [-0.1, -0.05) is 6.07 Å². The normalized spacial score (nSPS) is 19.4. The van der Waals surface area contributed by atoms with E-state index in [2.05, 4.69) is 22.0 Å². The highest BCUT2D eigenvalue weighted by Crippen LogP contribution is 2.11. The summed E-state index contributed by atoms with van der Waals surface area (Å²) in [6, 6.07) is 6.76. The van der Waals surface area contributed by atoms with E-state index in [1.54, 1.807) is 24.3 Å². The molecule has 0 aromatic heterocycles. The summed E-state index contributed by atoms with van der Waals surface area (Å²) in [5.74, 6) is -0.576. The highest BCUT2D eigenvalue weighted by molar-refractivity contribution is 5.98. The second-order valence-corrected chi connectivity index (χ2v) is 5.15. The molecule has 1 aromatic carbocycles. The van der Waals surface area contributed by atoms with E-state index in [9.17, 15) is 9.59 Å². The number of esters is 1. The number of ether oxygens (including phenoxy) is 1. The van der Waals surface area contributed by atoms with Crippen LogP contribution >= 0.6 is 0 Å². The van der Waals surface area contributed by atoms with Crippen LogP contribution in [0.5, 0.6) is 0 Å². The van der Waals surface area contributed by atoms with Crippen molar-refractivity contribution in [3.63, 3.8) is 0 Å². The van der Waals surface area contributed by atoms with Crippen LogP contribution in [0.1, 0.15) is 33.6 Å². The van der Waals surface area contributed by atoms with Crippen molar-refractivity contribution < 1.29 is 14.3 Å². The fourth-order valence-corrected chi connectivity index (χ4v) is 2.46. The molecule has 1 aliphatic heterocycles. The number of likely N-dealkylation sites (N-methyl/N-ethyl adjacent to an activating group) is 1. The lowest BCUT2D eigenvalue weighted by molar-refractivity contribution is 0.0600. The zero-order valence-electron chi connectivity index (χ0n) is 11.9. The van der Waals surface area contributed by atoms with Gasteiger partial charge in [-0.25, -0.2) is 4.79 Å². The molecule has 0 aliphatic carbocycles. The zero-order valence-corrected chi connectivity index (χ0v) is 11.9. The molecular formula is C15H20N2O3. The molecular weight excluding hydrogens is 256 g/mol. The Balaban J connectivity index is 2.03. The van der Waals surface area contributed by atoms with Crippen LogP contribution in [-0.2, 0) is 4.74 Å².